The number of ether oxygens (including phenoxy) is 1. The van der Waals surface area contributed by atoms with Crippen molar-refractivity contribution in [3.63, 3.8) is 0 Å². The maximum absolute atomic E-state index is 13.1. The SMILES string of the molecule is CC(C)=CCc1c2c(c(O)c3c(-c4ccc(O)cc4)coc13)C(=O)CC(C(C)(C)O)O2. The van der Waals surface area contributed by atoms with E-state index in [1.54, 1.807) is 38.1 Å². The lowest BCUT2D eigenvalue weighted by Gasteiger charge is -2.34. The van der Waals surface area contributed by atoms with Gasteiger partial charge in [-0.1, -0.05) is 23.8 Å². The molecule has 0 amide bonds. The van der Waals surface area contributed by atoms with Crippen LogP contribution in [-0.2, 0) is 6.42 Å². The van der Waals surface area contributed by atoms with Gasteiger partial charge in [0.2, 0.25) is 0 Å². The van der Waals surface area contributed by atoms with Gasteiger partial charge in [0.05, 0.1) is 23.7 Å². The number of furan rings is 1. The van der Waals surface area contributed by atoms with Crippen molar-refractivity contribution in [2.75, 3.05) is 0 Å². The minimum absolute atomic E-state index is 0.0377. The van der Waals surface area contributed by atoms with Gasteiger partial charge in [-0.05, 0) is 51.8 Å². The third kappa shape index (κ3) is 3.68. The zero-order valence-electron chi connectivity index (χ0n) is 18.0. The zero-order valence-corrected chi connectivity index (χ0v) is 18.0. The molecule has 31 heavy (non-hydrogen) atoms. The van der Waals surface area contributed by atoms with Crippen molar-refractivity contribution >= 4 is 16.8 Å². The molecule has 0 fully saturated rings. The molecule has 6 nitrogen and oxygen atoms in total. The van der Waals surface area contributed by atoms with E-state index in [-0.39, 0.29) is 35.0 Å². The van der Waals surface area contributed by atoms with Gasteiger partial charge in [0.25, 0.3) is 0 Å². The quantitative estimate of drug-likeness (QED) is 0.504. The first kappa shape index (κ1) is 21.0. The van der Waals surface area contributed by atoms with E-state index in [9.17, 15) is 20.1 Å². The fourth-order valence-corrected chi connectivity index (χ4v) is 3.88. The number of carbonyl (C=O) groups excluding carboxylic acids is 1. The Hall–Kier alpha value is -3.25. The lowest BCUT2D eigenvalue weighted by atomic mass is 9.87. The summed E-state index contributed by atoms with van der Waals surface area (Å²) in [5, 5.41) is 31.7. The first-order valence-electron chi connectivity index (χ1n) is 10.2. The lowest BCUT2D eigenvalue weighted by molar-refractivity contribution is -0.0384. The molecule has 1 atom stereocenters. The van der Waals surface area contributed by atoms with Crippen LogP contribution in [0.3, 0.4) is 0 Å². The number of phenolic OH excluding ortho intramolecular Hbond substituents is 2. The Morgan fingerprint density at radius 3 is 2.48 bits per heavy atom. The van der Waals surface area contributed by atoms with E-state index < -0.39 is 11.7 Å². The van der Waals surface area contributed by atoms with Gasteiger partial charge < -0.3 is 24.5 Å². The van der Waals surface area contributed by atoms with Crippen LogP contribution >= 0.6 is 0 Å². The molecule has 0 spiro atoms. The van der Waals surface area contributed by atoms with Crippen molar-refractivity contribution in [2.45, 2.75) is 52.2 Å². The van der Waals surface area contributed by atoms with Crippen LogP contribution in [0.1, 0.15) is 50.0 Å². The van der Waals surface area contributed by atoms with Gasteiger partial charge in [0.1, 0.15) is 34.5 Å². The highest BCUT2D eigenvalue weighted by Gasteiger charge is 2.40. The predicted molar refractivity (Wildman–Crippen MR) is 118 cm³/mol. The van der Waals surface area contributed by atoms with Crippen molar-refractivity contribution in [1.82, 2.24) is 0 Å². The Morgan fingerprint density at radius 2 is 1.87 bits per heavy atom. The Labute approximate surface area is 180 Å². The molecule has 1 aliphatic rings. The Kier molecular flexibility index (Phi) is 5.06. The number of carbonyl (C=O) groups is 1. The van der Waals surface area contributed by atoms with Gasteiger partial charge in [-0.25, -0.2) is 0 Å². The number of hydrogen-bond donors (Lipinski definition) is 3. The fraction of sp³-hybridized carbons (Fsp3) is 0.320. The van der Waals surface area contributed by atoms with Crippen LogP contribution in [0.5, 0.6) is 17.2 Å². The molecule has 162 valence electrons. The summed E-state index contributed by atoms with van der Waals surface area (Å²) in [4.78, 5) is 13.1. The number of hydrogen-bond acceptors (Lipinski definition) is 6. The van der Waals surface area contributed by atoms with Crippen molar-refractivity contribution in [3.8, 4) is 28.4 Å². The summed E-state index contributed by atoms with van der Waals surface area (Å²) >= 11 is 0. The second-order valence-electron chi connectivity index (χ2n) is 8.80. The largest absolute Gasteiger partial charge is 0.508 e. The molecule has 1 unspecified atom stereocenters. The van der Waals surface area contributed by atoms with E-state index in [1.165, 1.54) is 6.26 Å². The minimum atomic E-state index is -1.23. The van der Waals surface area contributed by atoms with Gasteiger partial charge in [-0.3, -0.25) is 4.79 Å². The smallest absolute Gasteiger partial charge is 0.174 e. The first-order chi connectivity index (χ1) is 14.6. The van der Waals surface area contributed by atoms with E-state index in [2.05, 4.69) is 0 Å². The highest BCUT2D eigenvalue weighted by atomic mass is 16.5. The maximum Gasteiger partial charge on any atom is 0.174 e. The van der Waals surface area contributed by atoms with Crippen molar-refractivity contribution in [2.24, 2.45) is 0 Å². The average Bonchev–Trinajstić information content (AvgIpc) is 3.12. The van der Waals surface area contributed by atoms with E-state index in [0.717, 1.165) is 11.1 Å². The molecule has 3 N–H and O–H groups in total. The third-order valence-corrected chi connectivity index (χ3v) is 5.63. The van der Waals surface area contributed by atoms with Gasteiger partial charge in [0, 0.05) is 11.1 Å². The summed E-state index contributed by atoms with van der Waals surface area (Å²) in [5.74, 6) is -0.0906. The molecule has 6 heteroatoms. The van der Waals surface area contributed by atoms with Crippen LogP contribution in [0.2, 0.25) is 0 Å². The van der Waals surface area contributed by atoms with Gasteiger partial charge in [-0.15, -0.1) is 0 Å². The number of allylic oxidation sites excluding steroid dienone is 2. The molecule has 0 saturated heterocycles. The van der Waals surface area contributed by atoms with Crippen molar-refractivity contribution < 1.29 is 29.3 Å². The Morgan fingerprint density at radius 1 is 1.19 bits per heavy atom. The standard InChI is InChI=1S/C25H26O6/c1-13(2)5-10-16-23-20(17(12-30-23)14-6-8-15(26)9-7-14)22(28)21-18(27)11-19(25(3,4)29)31-24(16)21/h5-9,12,19,26,28-29H,10-11H2,1-4H3. The average molecular weight is 422 g/mol. The molecule has 2 heterocycles. The lowest BCUT2D eigenvalue weighted by Crippen LogP contribution is -2.44. The maximum atomic E-state index is 13.1. The normalized spacial score (nSPS) is 16.2. The molecular weight excluding hydrogens is 396 g/mol. The molecule has 0 aliphatic carbocycles. The number of phenols is 2. The second kappa shape index (κ2) is 7.46. The number of Topliss-reactive ketones (excluding diaryl/α,β-unsaturated/α-hetero) is 1. The van der Waals surface area contributed by atoms with Crippen LogP contribution in [0.4, 0.5) is 0 Å². The van der Waals surface area contributed by atoms with Crippen LogP contribution in [0.25, 0.3) is 22.1 Å². The Bertz CT molecular complexity index is 1190. The van der Waals surface area contributed by atoms with E-state index in [4.69, 9.17) is 9.15 Å². The van der Waals surface area contributed by atoms with Crippen LogP contribution in [0.15, 0.2) is 46.6 Å². The number of aliphatic hydroxyl groups is 1. The van der Waals surface area contributed by atoms with Crippen molar-refractivity contribution in [1.29, 1.82) is 0 Å². The number of benzene rings is 2. The van der Waals surface area contributed by atoms with Gasteiger partial charge in [0.15, 0.2) is 5.78 Å². The molecule has 0 radical (unpaired) electrons. The predicted octanol–water partition coefficient (Wildman–Crippen LogP) is 5.12. The monoisotopic (exact) mass is 422 g/mol. The molecule has 2 aromatic carbocycles. The highest BCUT2D eigenvalue weighted by Crippen LogP contribution is 2.49. The summed E-state index contributed by atoms with van der Waals surface area (Å²) < 4.78 is 12.0. The first-order valence-corrected chi connectivity index (χ1v) is 10.2. The van der Waals surface area contributed by atoms with E-state index in [0.29, 0.717) is 28.5 Å². The molecular formula is C25H26O6. The van der Waals surface area contributed by atoms with Crippen molar-refractivity contribution in [3.05, 3.63) is 53.3 Å². The summed E-state index contributed by atoms with van der Waals surface area (Å²) in [7, 11) is 0. The van der Waals surface area contributed by atoms with E-state index >= 15 is 0 Å². The highest BCUT2D eigenvalue weighted by molar-refractivity contribution is 6.12. The summed E-state index contributed by atoms with van der Waals surface area (Å²) in [5.41, 5.74) is 2.40. The van der Waals surface area contributed by atoms with Gasteiger partial charge in [-0.2, -0.15) is 0 Å². The summed E-state index contributed by atoms with van der Waals surface area (Å²) in [6.07, 6.45) is 3.20. The summed E-state index contributed by atoms with van der Waals surface area (Å²) in [6, 6.07) is 6.54. The second-order valence-corrected chi connectivity index (χ2v) is 8.80. The molecule has 0 saturated carbocycles. The van der Waals surface area contributed by atoms with Gasteiger partial charge >= 0.3 is 0 Å². The van der Waals surface area contributed by atoms with Crippen LogP contribution in [0, 0.1) is 0 Å². The fourth-order valence-electron chi connectivity index (χ4n) is 3.88. The molecule has 3 aromatic rings. The van der Waals surface area contributed by atoms with Crippen LogP contribution in [-0.4, -0.2) is 32.8 Å². The zero-order chi connectivity index (χ0) is 22.5. The number of aromatic hydroxyl groups is 2. The molecule has 4 rings (SSSR count). The third-order valence-electron chi connectivity index (χ3n) is 5.63. The number of fused-ring (bicyclic) bond motifs is 2. The van der Waals surface area contributed by atoms with Crippen LogP contribution < -0.4 is 4.74 Å². The topological polar surface area (TPSA) is 100 Å². The number of rotatable bonds is 4. The molecule has 0 bridgehead atoms. The molecule has 1 aliphatic heterocycles. The minimum Gasteiger partial charge on any atom is -0.508 e. The Balaban J connectivity index is 2.01. The molecule has 1 aromatic heterocycles. The number of ketones is 1. The summed E-state index contributed by atoms with van der Waals surface area (Å²) in [6.45, 7) is 7.14. The van der Waals surface area contributed by atoms with E-state index in [1.807, 2.05) is 19.9 Å².